The highest BCUT2D eigenvalue weighted by Gasteiger charge is 2.34. The molecule has 0 spiro atoms. The van der Waals surface area contributed by atoms with Crippen LogP contribution in [0.2, 0.25) is 0 Å². The van der Waals surface area contributed by atoms with Crippen molar-refractivity contribution < 1.29 is 4.74 Å². The van der Waals surface area contributed by atoms with Gasteiger partial charge in [0.1, 0.15) is 5.75 Å². The van der Waals surface area contributed by atoms with Crippen molar-refractivity contribution >= 4 is 22.7 Å². The number of fused-ring (bicyclic) bond motifs is 1. The van der Waals surface area contributed by atoms with Crippen molar-refractivity contribution in [1.29, 1.82) is 0 Å². The van der Waals surface area contributed by atoms with Crippen LogP contribution in [0.25, 0.3) is 11.0 Å². The van der Waals surface area contributed by atoms with Gasteiger partial charge in [-0.1, -0.05) is 46.8 Å². The molecule has 33 heavy (non-hydrogen) atoms. The van der Waals surface area contributed by atoms with E-state index in [9.17, 15) is 0 Å². The van der Waals surface area contributed by atoms with Crippen molar-refractivity contribution in [2.75, 3.05) is 5.32 Å². The third-order valence-corrected chi connectivity index (χ3v) is 7.58. The van der Waals surface area contributed by atoms with Gasteiger partial charge in [-0.3, -0.25) is 0 Å². The molecule has 4 nitrogen and oxygen atoms in total. The van der Waals surface area contributed by atoms with Crippen molar-refractivity contribution in [3.63, 3.8) is 0 Å². The van der Waals surface area contributed by atoms with Crippen LogP contribution in [0.15, 0.2) is 42.5 Å². The van der Waals surface area contributed by atoms with Gasteiger partial charge in [-0.2, -0.15) is 0 Å². The van der Waals surface area contributed by atoms with Gasteiger partial charge >= 0.3 is 0 Å². The number of rotatable bonds is 6. The standard InChI is InChI=1S/C29H39N3O/c1-19(2)21-9-11-22(12-10-21)30-28-31-26-14-13-25(33-24-7-6-8-24)16-27(26)32(28)23-15-20(3)17-29(4,5)18-23/h9-14,16,19-20,23-24H,6-8,15,17-18H2,1-5H3,(H,30,31)/t20-,23+/m0/s1. The molecule has 0 amide bonds. The normalized spacial score (nSPS) is 23.0. The third kappa shape index (κ3) is 4.76. The Morgan fingerprint density at radius 2 is 1.82 bits per heavy atom. The monoisotopic (exact) mass is 445 g/mol. The van der Waals surface area contributed by atoms with Crippen LogP contribution in [0, 0.1) is 11.3 Å². The van der Waals surface area contributed by atoms with E-state index in [4.69, 9.17) is 9.72 Å². The van der Waals surface area contributed by atoms with Crippen molar-refractivity contribution in [3.05, 3.63) is 48.0 Å². The molecule has 5 rings (SSSR count). The SMILES string of the molecule is CC(C)c1ccc(Nc2nc3ccc(OC4CCC4)cc3n2[C@@H]2C[C@H](C)CC(C)(C)C2)cc1. The van der Waals surface area contributed by atoms with Crippen LogP contribution < -0.4 is 10.1 Å². The maximum Gasteiger partial charge on any atom is 0.208 e. The summed E-state index contributed by atoms with van der Waals surface area (Å²) in [6.45, 7) is 11.7. The molecular formula is C29H39N3O. The van der Waals surface area contributed by atoms with Gasteiger partial charge in [0.05, 0.1) is 17.1 Å². The summed E-state index contributed by atoms with van der Waals surface area (Å²) >= 11 is 0. The van der Waals surface area contributed by atoms with Gasteiger partial charge in [0.2, 0.25) is 5.95 Å². The molecule has 2 aliphatic rings. The minimum atomic E-state index is 0.329. The third-order valence-electron chi connectivity index (χ3n) is 7.58. The zero-order valence-corrected chi connectivity index (χ0v) is 20.9. The Kier molecular flexibility index (Phi) is 5.88. The molecule has 0 saturated heterocycles. The maximum absolute atomic E-state index is 6.26. The molecule has 2 saturated carbocycles. The first-order valence-corrected chi connectivity index (χ1v) is 12.8. The molecule has 2 aliphatic carbocycles. The minimum Gasteiger partial charge on any atom is -0.490 e. The van der Waals surface area contributed by atoms with Crippen molar-refractivity contribution in [1.82, 2.24) is 9.55 Å². The van der Waals surface area contributed by atoms with E-state index >= 15 is 0 Å². The Morgan fingerprint density at radius 3 is 2.45 bits per heavy atom. The van der Waals surface area contributed by atoms with Crippen LogP contribution >= 0.6 is 0 Å². The van der Waals surface area contributed by atoms with Crippen LogP contribution in [-0.4, -0.2) is 15.7 Å². The van der Waals surface area contributed by atoms with E-state index in [1.807, 2.05) is 0 Å². The lowest BCUT2D eigenvalue weighted by Gasteiger charge is -2.40. The highest BCUT2D eigenvalue weighted by Crippen LogP contribution is 2.46. The number of hydrogen-bond acceptors (Lipinski definition) is 3. The average Bonchev–Trinajstić information content (AvgIpc) is 3.06. The average molecular weight is 446 g/mol. The van der Waals surface area contributed by atoms with Crippen LogP contribution in [0.1, 0.15) is 90.7 Å². The molecule has 0 aliphatic heterocycles. The fourth-order valence-corrected chi connectivity index (χ4v) is 5.86. The van der Waals surface area contributed by atoms with Gasteiger partial charge < -0.3 is 14.6 Å². The first-order valence-electron chi connectivity index (χ1n) is 12.8. The summed E-state index contributed by atoms with van der Waals surface area (Å²) in [5.41, 5.74) is 4.99. The van der Waals surface area contributed by atoms with E-state index in [1.165, 1.54) is 43.2 Å². The number of hydrogen-bond donors (Lipinski definition) is 1. The van der Waals surface area contributed by atoms with Crippen LogP contribution in [-0.2, 0) is 0 Å². The molecular weight excluding hydrogens is 406 g/mol. The Morgan fingerprint density at radius 1 is 1.06 bits per heavy atom. The predicted molar refractivity (Wildman–Crippen MR) is 138 cm³/mol. The minimum absolute atomic E-state index is 0.329. The summed E-state index contributed by atoms with van der Waals surface area (Å²) in [6, 6.07) is 15.7. The summed E-state index contributed by atoms with van der Waals surface area (Å²) in [5.74, 6) is 3.15. The Hall–Kier alpha value is -2.49. The molecule has 2 fully saturated rings. The van der Waals surface area contributed by atoms with E-state index in [2.05, 4.69) is 87.0 Å². The summed E-state index contributed by atoms with van der Waals surface area (Å²) in [4.78, 5) is 5.06. The van der Waals surface area contributed by atoms with E-state index in [0.29, 0.717) is 29.4 Å². The second-order valence-corrected chi connectivity index (χ2v) is 11.6. The van der Waals surface area contributed by atoms with Crippen molar-refractivity contribution in [2.45, 2.75) is 91.2 Å². The van der Waals surface area contributed by atoms with E-state index in [1.54, 1.807) is 0 Å². The van der Waals surface area contributed by atoms with Gasteiger partial charge in [-0.25, -0.2) is 4.98 Å². The number of ether oxygens (including phenoxy) is 1. The number of aromatic nitrogens is 2. The Labute approximate surface area is 198 Å². The number of nitrogens with one attached hydrogen (secondary N) is 1. The molecule has 2 aromatic carbocycles. The Bertz CT molecular complexity index is 1110. The first kappa shape index (κ1) is 22.3. The highest BCUT2D eigenvalue weighted by molar-refractivity contribution is 5.81. The fourth-order valence-electron chi connectivity index (χ4n) is 5.86. The fraction of sp³-hybridized carbons (Fsp3) is 0.552. The smallest absolute Gasteiger partial charge is 0.208 e. The molecule has 2 atom stereocenters. The van der Waals surface area contributed by atoms with Gasteiger partial charge in [0.15, 0.2) is 0 Å². The van der Waals surface area contributed by atoms with Gasteiger partial charge in [0.25, 0.3) is 0 Å². The molecule has 3 aromatic rings. The topological polar surface area (TPSA) is 39.1 Å². The molecule has 176 valence electrons. The zero-order chi connectivity index (χ0) is 23.2. The summed E-state index contributed by atoms with van der Waals surface area (Å²) in [5, 5.41) is 3.66. The van der Waals surface area contributed by atoms with Crippen molar-refractivity contribution in [3.8, 4) is 5.75 Å². The molecule has 1 aromatic heterocycles. The van der Waals surface area contributed by atoms with Gasteiger partial charge in [-0.15, -0.1) is 0 Å². The number of imidazole rings is 1. The second-order valence-electron chi connectivity index (χ2n) is 11.6. The van der Waals surface area contributed by atoms with Crippen LogP contribution in [0.3, 0.4) is 0 Å². The lowest BCUT2D eigenvalue weighted by molar-refractivity contribution is 0.120. The maximum atomic E-state index is 6.26. The summed E-state index contributed by atoms with van der Waals surface area (Å²) in [7, 11) is 0. The second kappa shape index (κ2) is 8.70. The molecule has 1 heterocycles. The Balaban J connectivity index is 1.54. The van der Waals surface area contributed by atoms with Crippen LogP contribution in [0.4, 0.5) is 11.6 Å². The number of nitrogens with zero attached hydrogens (tertiary/aromatic N) is 2. The van der Waals surface area contributed by atoms with E-state index in [0.717, 1.165) is 29.3 Å². The number of benzene rings is 2. The van der Waals surface area contributed by atoms with Crippen molar-refractivity contribution in [2.24, 2.45) is 11.3 Å². The predicted octanol–water partition coefficient (Wildman–Crippen LogP) is 8.22. The summed E-state index contributed by atoms with van der Waals surface area (Å²) in [6.07, 6.45) is 7.63. The van der Waals surface area contributed by atoms with Crippen LogP contribution in [0.5, 0.6) is 5.75 Å². The largest absolute Gasteiger partial charge is 0.490 e. The summed E-state index contributed by atoms with van der Waals surface area (Å²) < 4.78 is 8.73. The lowest BCUT2D eigenvalue weighted by Crippen LogP contribution is -2.29. The molecule has 0 bridgehead atoms. The first-order chi connectivity index (χ1) is 15.8. The lowest BCUT2D eigenvalue weighted by atomic mass is 9.70. The van der Waals surface area contributed by atoms with Gasteiger partial charge in [0, 0.05) is 17.8 Å². The molecule has 0 unspecified atom stereocenters. The zero-order valence-electron chi connectivity index (χ0n) is 20.9. The highest BCUT2D eigenvalue weighted by atomic mass is 16.5. The number of anilines is 2. The molecule has 0 radical (unpaired) electrons. The van der Waals surface area contributed by atoms with E-state index in [-0.39, 0.29) is 0 Å². The molecule has 1 N–H and O–H groups in total. The van der Waals surface area contributed by atoms with E-state index < -0.39 is 0 Å². The van der Waals surface area contributed by atoms with Gasteiger partial charge in [-0.05, 0) is 85.6 Å². The molecule has 4 heteroatoms. The quantitative estimate of drug-likeness (QED) is 0.415.